The number of rotatable bonds is 2. The highest BCUT2D eigenvalue weighted by Crippen LogP contribution is 2.22. The van der Waals surface area contributed by atoms with E-state index in [9.17, 15) is 9.59 Å². The zero-order valence-corrected chi connectivity index (χ0v) is 11.9. The lowest BCUT2D eigenvalue weighted by molar-refractivity contribution is -0.143. The molecule has 1 fully saturated rings. The van der Waals surface area contributed by atoms with Gasteiger partial charge in [0, 0.05) is 18.8 Å². The number of amides is 2. The lowest BCUT2D eigenvalue weighted by Gasteiger charge is -2.30. The molecule has 1 saturated heterocycles. The van der Waals surface area contributed by atoms with Crippen molar-refractivity contribution in [3.63, 3.8) is 0 Å². The molecule has 2 N–H and O–H groups in total. The monoisotopic (exact) mass is 307 g/mol. The molecule has 0 unspecified atom stereocenters. The predicted octanol–water partition coefficient (Wildman–Crippen LogP) is 2.54. The predicted molar refractivity (Wildman–Crippen MR) is 77.1 cm³/mol. The molecule has 0 saturated carbocycles. The van der Waals surface area contributed by atoms with Crippen LogP contribution in [0.2, 0.25) is 5.02 Å². The largest absolute Gasteiger partial charge is 0.481 e. The average Bonchev–Trinajstić information content (AvgIpc) is 2.47. The van der Waals surface area contributed by atoms with E-state index >= 15 is 0 Å². The minimum atomic E-state index is -0.881. The van der Waals surface area contributed by atoms with Gasteiger partial charge in [0.1, 0.15) is 6.07 Å². The minimum absolute atomic E-state index is 0.200. The number of nitrogens with zero attached hydrogens (tertiary/aromatic N) is 2. The minimum Gasteiger partial charge on any atom is -0.481 e. The van der Waals surface area contributed by atoms with Crippen molar-refractivity contribution in [3.8, 4) is 6.07 Å². The lowest BCUT2D eigenvalue weighted by Crippen LogP contribution is -2.44. The normalized spacial score (nSPS) is 17.9. The van der Waals surface area contributed by atoms with Gasteiger partial charge in [-0.2, -0.15) is 5.26 Å². The maximum Gasteiger partial charge on any atom is 0.321 e. The van der Waals surface area contributed by atoms with Gasteiger partial charge in [0.25, 0.3) is 0 Å². The third kappa shape index (κ3) is 3.64. The molecule has 1 aliphatic rings. The van der Waals surface area contributed by atoms with Crippen LogP contribution in [0, 0.1) is 17.2 Å². The number of hydrogen-bond acceptors (Lipinski definition) is 3. The second kappa shape index (κ2) is 6.46. The van der Waals surface area contributed by atoms with Gasteiger partial charge in [0.05, 0.1) is 16.5 Å². The number of carboxylic acids is 1. The van der Waals surface area contributed by atoms with Crippen LogP contribution < -0.4 is 5.32 Å². The van der Waals surface area contributed by atoms with E-state index in [1.165, 1.54) is 17.0 Å². The van der Waals surface area contributed by atoms with Gasteiger partial charge in [-0.25, -0.2) is 4.79 Å². The topological polar surface area (TPSA) is 93.4 Å². The van der Waals surface area contributed by atoms with Crippen LogP contribution in [0.15, 0.2) is 18.2 Å². The van der Waals surface area contributed by atoms with Crippen molar-refractivity contribution in [2.45, 2.75) is 12.8 Å². The van der Waals surface area contributed by atoms with Crippen LogP contribution in [0.1, 0.15) is 18.4 Å². The summed E-state index contributed by atoms with van der Waals surface area (Å²) in [7, 11) is 0. The van der Waals surface area contributed by atoms with E-state index < -0.39 is 11.9 Å². The molecule has 0 aromatic heterocycles. The van der Waals surface area contributed by atoms with Crippen LogP contribution in [0.3, 0.4) is 0 Å². The summed E-state index contributed by atoms with van der Waals surface area (Å²) < 4.78 is 0. The molecule has 0 bridgehead atoms. The smallest absolute Gasteiger partial charge is 0.321 e. The molecule has 7 heteroatoms. The Morgan fingerprint density at radius 1 is 1.48 bits per heavy atom. The van der Waals surface area contributed by atoms with Crippen molar-refractivity contribution in [3.05, 3.63) is 28.8 Å². The number of carbonyl (C=O) groups is 2. The molecule has 0 radical (unpaired) electrons. The highest BCUT2D eigenvalue weighted by atomic mass is 35.5. The van der Waals surface area contributed by atoms with Crippen molar-refractivity contribution in [1.82, 2.24) is 4.90 Å². The summed E-state index contributed by atoms with van der Waals surface area (Å²) in [5, 5.41) is 20.7. The fourth-order valence-corrected chi connectivity index (χ4v) is 2.47. The van der Waals surface area contributed by atoms with E-state index in [0.29, 0.717) is 30.6 Å². The number of urea groups is 1. The lowest BCUT2D eigenvalue weighted by atomic mass is 9.99. The molecule has 1 atom stereocenters. The zero-order chi connectivity index (χ0) is 15.4. The maximum atomic E-state index is 12.1. The Balaban J connectivity index is 2.03. The fourth-order valence-electron chi connectivity index (χ4n) is 2.25. The van der Waals surface area contributed by atoms with Gasteiger partial charge >= 0.3 is 12.0 Å². The van der Waals surface area contributed by atoms with E-state index in [1.807, 2.05) is 6.07 Å². The SMILES string of the molecule is N#Cc1ccc(NC(=O)N2CCC[C@@H](C(=O)O)C2)cc1Cl. The Hall–Kier alpha value is -2.26. The zero-order valence-electron chi connectivity index (χ0n) is 11.2. The molecular formula is C14H14ClN3O3. The Morgan fingerprint density at radius 2 is 2.24 bits per heavy atom. The molecule has 2 rings (SSSR count). The molecule has 21 heavy (non-hydrogen) atoms. The van der Waals surface area contributed by atoms with Crippen molar-refractivity contribution in [2.75, 3.05) is 18.4 Å². The number of piperidine rings is 1. The molecule has 2 amide bonds. The van der Waals surface area contributed by atoms with Crippen molar-refractivity contribution in [2.24, 2.45) is 5.92 Å². The highest BCUT2D eigenvalue weighted by Gasteiger charge is 2.28. The first-order valence-corrected chi connectivity index (χ1v) is 6.87. The molecular weight excluding hydrogens is 294 g/mol. The van der Waals surface area contributed by atoms with Crippen molar-refractivity contribution >= 4 is 29.3 Å². The number of likely N-dealkylation sites (tertiary alicyclic amines) is 1. The molecule has 0 spiro atoms. The Bertz CT molecular complexity index is 612. The van der Waals surface area contributed by atoms with Crippen LogP contribution in [-0.4, -0.2) is 35.1 Å². The van der Waals surface area contributed by atoms with Gasteiger partial charge in [0.2, 0.25) is 0 Å². The van der Waals surface area contributed by atoms with Gasteiger partial charge in [-0.05, 0) is 31.0 Å². The third-order valence-corrected chi connectivity index (χ3v) is 3.71. The quantitative estimate of drug-likeness (QED) is 0.878. The standard InChI is InChI=1S/C14H14ClN3O3/c15-12-6-11(4-3-9(12)7-16)17-14(21)18-5-1-2-10(8-18)13(19)20/h3-4,6,10H,1-2,5,8H2,(H,17,21)(H,19,20)/t10-/m1/s1. The summed E-state index contributed by atoms with van der Waals surface area (Å²) in [4.78, 5) is 24.6. The fraction of sp³-hybridized carbons (Fsp3) is 0.357. The number of anilines is 1. The van der Waals surface area contributed by atoms with Gasteiger partial charge in [0.15, 0.2) is 0 Å². The Morgan fingerprint density at radius 3 is 2.86 bits per heavy atom. The summed E-state index contributed by atoms with van der Waals surface area (Å²) in [6, 6.07) is 6.18. The summed E-state index contributed by atoms with van der Waals surface area (Å²) in [6.45, 7) is 0.727. The highest BCUT2D eigenvalue weighted by molar-refractivity contribution is 6.32. The van der Waals surface area contributed by atoms with Gasteiger partial charge in [-0.1, -0.05) is 11.6 Å². The summed E-state index contributed by atoms with van der Waals surface area (Å²) in [5.74, 6) is -1.40. The molecule has 1 aliphatic heterocycles. The van der Waals surface area contributed by atoms with Crippen LogP contribution in [-0.2, 0) is 4.79 Å². The molecule has 6 nitrogen and oxygen atoms in total. The number of nitrogens with one attached hydrogen (secondary N) is 1. The van der Waals surface area contributed by atoms with E-state index in [-0.39, 0.29) is 17.6 Å². The van der Waals surface area contributed by atoms with Gasteiger partial charge in [-0.3, -0.25) is 4.79 Å². The number of hydrogen-bond donors (Lipinski definition) is 2. The van der Waals surface area contributed by atoms with Crippen LogP contribution in [0.5, 0.6) is 0 Å². The first kappa shape index (κ1) is 15.1. The first-order valence-electron chi connectivity index (χ1n) is 6.49. The summed E-state index contributed by atoms with van der Waals surface area (Å²) in [5.41, 5.74) is 0.806. The Kier molecular flexibility index (Phi) is 4.66. The van der Waals surface area contributed by atoms with Crippen LogP contribution >= 0.6 is 11.6 Å². The van der Waals surface area contributed by atoms with E-state index in [4.69, 9.17) is 22.0 Å². The second-order valence-electron chi connectivity index (χ2n) is 4.86. The maximum absolute atomic E-state index is 12.1. The molecule has 1 aromatic rings. The summed E-state index contributed by atoms with van der Waals surface area (Å²) >= 11 is 5.90. The van der Waals surface area contributed by atoms with Gasteiger partial charge < -0.3 is 15.3 Å². The molecule has 0 aliphatic carbocycles. The molecule has 1 aromatic carbocycles. The second-order valence-corrected chi connectivity index (χ2v) is 5.27. The number of benzene rings is 1. The van der Waals surface area contributed by atoms with E-state index in [2.05, 4.69) is 5.32 Å². The van der Waals surface area contributed by atoms with Crippen LogP contribution in [0.4, 0.5) is 10.5 Å². The van der Waals surface area contributed by atoms with Crippen LogP contribution in [0.25, 0.3) is 0 Å². The van der Waals surface area contributed by atoms with Crippen molar-refractivity contribution < 1.29 is 14.7 Å². The number of carboxylic acid groups (broad SMARTS) is 1. The number of aliphatic carboxylic acids is 1. The number of carbonyl (C=O) groups excluding carboxylic acids is 1. The third-order valence-electron chi connectivity index (χ3n) is 3.40. The van der Waals surface area contributed by atoms with Crippen molar-refractivity contribution in [1.29, 1.82) is 5.26 Å². The molecule has 110 valence electrons. The molecule has 1 heterocycles. The number of halogens is 1. The Labute approximate surface area is 126 Å². The van der Waals surface area contributed by atoms with E-state index in [0.717, 1.165) is 0 Å². The average molecular weight is 308 g/mol. The first-order chi connectivity index (χ1) is 10.0. The number of nitriles is 1. The van der Waals surface area contributed by atoms with E-state index in [1.54, 1.807) is 6.07 Å². The van der Waals surface area contributed by atoms with Gasteiger partial charge in [-0.15, -0.1) is 0 Å². The summed E-state index contributed by atoms with van der Waals surface area (Å²) in [6.07, 6.45) is 1.25.